The molecule has 0 saturated carbocycles. The van der Waals surface area contributed by atoms with Crippen LogP contribution in [0.15, 0.2) is 12.1 Å². The van der Waals surface area contributed by atoms with Gasteiger partial charge < -0.3 is 9.84 Å². The maximum atomic E-state index is 12.1. The molecule has 2 heterocycles. The zero-order valence-electron chi connectivity index (χ0n) is 9.60. The van der Waals surface area contributed by atoms with E-state index in [1.54, 1.807) is 0 Å². The minimum atomic E-state index is -0.589. The third-order valence-electron chi connectivity index (χ3n) is 3.27. The lowest BCUT2D eigenvalue weighted by Gasteiger charge is -2.30. The Kier molecular flexibility index (Phi) is 2.92. The highest BCUT2D eigenvalue weighted by molar-refractivity contribution is 6.38. The first-order valence-electron chi connectivity index (χ1n) is 5.70. The lowest BCUT2D eigenvalue weighted by molar-refractivity contribution is -0.146. The number of rotatable bonds is 1. The highest BCUT2D eigenvalue weighted by Gasteiger charge is 2.47. The fourth-order valence-electron chi connectivity index (χ4n) is 2.33. The molecule has 0 aromatic heterocycles. The molecule has 19 heavy (non-hydrogen) atoms. The molecule has 2 saturated heterocycles. The molecule has 0 radical (unpaired) electrons. The monoisotopic (exact) mass is 301 g/mol. The SMILES string of the molecule is O=C1C2CCC(O2)C(=O)N1c1cc(Cl)c(O)c(Cl)c1. The van der Waals surface area contributed by atoms with Crippen molar-refractivity contribution >= 4 is 40.7 Å². The molecular formula is C12H9Cl2NO4. The number of carbonyl (C=O) groups excluding carboxylic acids is 2. The number of anilines is 1. The molecule has 2 amide bonds. The summed E-state index contributed by atoms with van der Waals surface area (Å²) < 4.78 is 5.30. The Balaban J connectivity index is 2.06. The van der Waals surface area contributed by atoms with Gasteiger partial charge in [-0.1, -0.05) is 23.2 Å². The van der Waals surface area contributed by atoms with E-state index < -0.39 is 24.0 Å². The average molecular weight is 302 g/mol. The van der Waals surface area contributed by atoms with Gasteiger partial charge in [0.1, 0.15) is 12.2 Å². The second kappa shape index (κ2) is 4.37. The highest BCUT2D eigenvalue weighted by Crippen LogP contribution is 2.38. The van der Waals surface area contributed by atoms with Crippen molar-refractivity contribution in [2.24, 2.45) is 0 Å². The van der Waals surface area contributed by atoms with Crippen LogP contribution in [0.25, 0.3) is 0 Å². The van der Waals surface area contributed by atoms with Gasteiger partial charge >= 0.3 is 0 Å². The molecule has 5 nitrogen and oxygen atoms in total. The van der Waals surface area contributed by atoms with Crippen molar-refractivity contribution in [1.82, 2.24) is 0 Å². The first-order chi connectivity index (χ1) is 8.99. The van der Waals surface area contributed by atoms with Gasteiger partial charge in [-0.05, 0) is 25.0 Å². The summed E-state index contributed by atoms with van der Waals surface area (Å²) in [6.07, 6.45) is -0.112. The first kappa shape index (κ1) is 12.7. The second-order valence-electron chi connectivity index (χ2n) is 4.46. The Hall–Kier alpha value is -1.30. The maximum absolute atomic E-state index is 12.1. The molecule has 2 atom stereocenters. The molecule has 2 fully saturated rings. The van der Waals surface area contributed by atoms with Crippen LogP contribution in [0.2, 0.25) is 10.0 Å². The van der Waals surface area contributed by atoms with Crippen molar-refractivity contribution in [1.29, 1.82) is 0 Å². The second-order valence-corrected chi connectivity index (χ2v) is 5.28. The fourth-order valence-corrected chi connectivity index (χ4v) is 2.81. The van der Waals surface area contributed by atoms with Crippen molar-refractivity contribution in [3.05, 3.63) is 22.2 Å². The third kappa shape index (κ3) is 1.89. The number of morpholine rings is 1. The van der Waals surface area contributed by atoms with Gasteiger partial charge in [-0.15, -0.1) is 0 Å². The zero-order valence-corrected chi connectivity index (χ0v) is 11.1. The van der Waals surface area contributed by atoms with E-state index in [1.165, 1.54) is 12.1 Å². The van der Waals surface area contributed by atoms with E-state index in [4.69, 9.17) is 27.9 Å². The molecule has 1 aromatic rings. The Morgan fingerprint density at radius 1 is 1.11 bits per heavy atom. The number of halogens is 2. The van der Waals surface area contributed by atoms with E-state index in [1.807, 2.05) is 0 Å². The molecule has 3 rings (SSSR count). The van der Waals surface area contributed by atoms with Gasteiger partial charge in [-0.25, -0.2) is 4.90 Å². The van der Waals surface area contributed by atoms with Crippen LogP contribution in [0.1, 0.15) is 12.8 Å². The van der Waals surface area contributed by atoms with E-state index in [9.17, 15) is 14.7 Å². The van der Waals surface area contributed by atoms with Crippen LogP contribution in [0.3, 0.4) is 0 Å². The van der Waals surface area contributed by atoms with Gasteiger partial charge in [0.05, 0.1) is 15.7 Å². The predicted molar refractivity (Wildman–Crippen MR) is 68.5 cm³/mol. The van der Waals surface area contributed by atoms with Gasteiger partial charge in [0.25, 0.3) is 11.8 Å². The van der Waals surface area contributed by atoms with Gasteiger partial charge in [0, 0.05) is 0 Å². The Morgan fingerprint density at radius 2 is 1.58 bits per heavy atom. The predicted octanol–water partition coefficient (Wildman–Crippen LogP) is 2.12. The number of carbonyl (C=O) groups is 2. The van der Waals surface area contributed by atoms with E-state index >= 15 is 0 Å². The molecule has 100 valence electrons. The molecule has 7 heteroatoms. The molecule has 0 spiro atoms. The van der Waals surface area contributed by atoms with Gasteiger partial charge in [-0.3, -0.25) is 9.59 Å². The Morgan fingerprint density at radius 3 is 2.05 bits per heavy atom. The molecule has 2 unspecified atom stereocenters. The number of nitrogens with zero attached hydrogens (tertiary/aromatic N) is 1. The molecule has 1 aromatic carbocycles. The number of phenolic OH excluding ortho intramolecular Hbond substituents is 1. The molecular weight excluding hydrogens is 293 g/mol. The standard InChI is InChI=1S/C12H9Cl2NO4/c13-6-3-5(4-7(14)10(6)16)15-11(17)8-1-2-9(19-8)12(15)18/h3-4,8-9,16H,1-2H2. The van der Waals surface area contributed by atoms with Crippen LogP contribution in [-0.4, -0.2) is 29.1 Å². The molecule has 2 aliphatic heterocycles. The van der Waals surface area contributed by atoms with Crippen LogP contribution in [0, 0.1) is 0 Å². The molecule has 1 N–H and O–H groups in total. The summed E-state index contributed by atoms with van der Waals surface area (Å²) in [7, 11) is 0. The highest BCUT2D eigenvalue weighted by atomic mass is 35.5. The summed E-state index contributed by atoms with van der Waals surface area (Å²) in [6.45, 7) is 0. The summed E-state index contributed by atoms with van der Waals surface area (Å²) in [5.41, 5.74) is 0.253. The van der Waals surface area contributed by atoms with Crippen molar-refractivity contribution in [2.75, 3.05) is 4.90 Å². The van der Waals surface area contributed by atoms with E-state index in [0.29, 0.717) is 12.8 Å². The van der Waals surface area contributed by atoms with Crippen LogP contribution in [0.5, 0.6) is 5.75 Å². The number of fused-ring (bicyclic) bond motifs is 2. The van der Waals surface area contributed by atoms with Crippen molar-refractivity contribution < 1.29 is 19.4 Å². The number of imide groups is 1. The average Bonchev–Trinajstić information content (AvgIpc) is 2.81. The van der Waals surface area contributed by atoms with Crippen LogP contribution in [-0.2, 0) is 14.3 Å². The lowest BCUT2D eigenvalue weighted by atomic mass is 10.2. The largest absolute Gasteiger partial charge is 0.505 e. The minimum Gasteiger partial charge on any atom is -0.505 e. The third-order valence-corrected chi connectivity index (χ3v) is 3.85. The van der Waals surface area contributed by atoms with Crippen molar-refractivity contribution in [3.8, 4) is 5.75 Å². The van der Waals surface area contributed by atoms with Crippen LogP contribution in [0.4, 0.5) is 5.69 Å². The van der Waals surface area contributed by atoms with Gasteiger partial charge in [-0.2, -0.15) is 0 Å². The van der Waals surface area contributed by atoms with E-state index in [0.717, 1.165) is 4.90 Å². The number of hydrogen-bond acceptors (Lipinski definition) is 4. The number of phenols is 1. The first-order valence-corrected chi connectivity index (χ1v) is 6.46. The lowest BCUT2D eigenvalue weighted by Crippen LogP contribution is -2.52. The molecule has 2 bridgehead atoms. The number of benzene rings is 1. The summed E-state index contributed by atoms with van der Waals surface area (Å²) in [6, 6.07) is 2.67. The quantitative estimate of drug-likeness (QED) is 0.807. The normalized spacial score (nSPS) is 26.1. The van der Waals surface area contributed by atoms with E-state index in [-0.39, 0.29) is 21.5 Å². The molecule has 2 aliphatic rings. The zero-order chi connectivity index (χ0) is 13.7. The van der Waals surface area contributed by atoms with Crippen LogP contribution >= 0.6 is 23.2 Å². The molecule has 0 aliphatic carbocycles. The van der Waals surface area contributed by atoms with Crippen LogP contribution < -0.4 is 4.90 Å². The topological polar surface area (TPSA) is 66.8 Å². The van der Waals surface area contributed by atoms with Gasteiger partial charge in [0.2, 0.25) is 0 Å². The van der Waals surface area contributed by atoms with Gasteiger partial charge in [0.15, 0.2) is 5.75 Å². The van der Waals surface area contributed by atoms with Crippen molar-refractivity contribution in [3.63, 3.8) is 0 Å². The number of aromatic hydroxyl groups is 1. The minimum absolute atomic E-state index is 0.0121. The fraction of sp³-hybridized carbons (Fsp3) is 0.333. The Labute approximate surface area is 118 Å². The number of hydrogen-bond donors (Lipinski definition) is 1. The van der Waals surface area contributed by atoms with E-state index in [2.05, 4.69) is 0 Å². The van der Waals surface area contributed by atoms with Crippen molar-refractivity contribution in [2.45, 2.75) is 25.0 Å². The number of ether oxygens (including phenoxy) is 1. The number of amides is 2. The summed E-state index contributed by atoms with van der Waals surface area (Å²) in [5, 5.41) is 9.48. The smallest absolute Gasteiger partial charge is 0.262 e. The summed E-state index contributed by atoms with van der Waals surface area (Å²) >= 11 is 11.6. The Bertz CT molecular complexity index is 544. The summed E-state index contributed by atoms with van der Waals surface area (Å²) in [5.74, 6) is -1.11. The summed E-state index contributed by atoms with van der Waals surface area (Å²) in [4.78, 5) is 25.3. The maximum Gasteiger partial charge on any atom is 0.262 e.